The first-order valence-corrected chi connectivity index (χ1v) is 10.3. The molecule has 1 N–H and O–H groups in total. The maximum absolute atomic E-state index is 12.3. The number of carbonyl (C=O) groups excluding carboxylic acids is 1. The van der Waals surface area contributed by atoms with Gasteiger partial charge in [0.25, 0.3) is 5.91 Å². The highest BCUT2D eigenvalue weighted by Gasteiger charge is 2.19. The SMILES string of the molecule is CCOc1cc(/C=N\NC(=O)[C@@H](C#N)c2ccccc2)ccc1OCc1ccc(C#N)cc1. The summed E-state index contributed by atoms with van der Waals surface area (Å²) >= 11 is 0. The Morgan fingerprint density at radius 1 is 1.03 bits per heavy atom. The normalized spacial score (nSPS) is 11.2. The average molecular weight is 438 g/mol. The quantitative estimate of drug-likeness (QED) is 0.396. The monoisotopic (exact) mass is 438 g/mol. The Kier molecular flexibility index (Phi) is 8.16. The molecule has 0 unspecified atom stereocenters. The molecular weight excluding hydrogens is 416 g/mol. The van der Waals surface area contributed by atoms with Crippen molar-refractivity contribution < 1.29 is 14.3 Å². The van der Waals surface area contributed by atoms with Crippen molar-refractivity contribution in [3.63, 3.8) is 0 Å². The van der Waals surface area contributed by atoms with Crippen molar-refractivity contribution in [3.8, 4) is 23.6 Å². The van der Waals surface area contributed by atoms with Crippen molar-refractivity contribution in [2.75, 3.05) is 6.61 Å². The van der Waals surface area contributed by atoms with E-state index in [1.165, 1.54) is 6.21 Å². The maximum Gasteiger partial charge on any atom is 0.261 e. The molecular formula is C26H22N4O3. The molecule has 3 rings (SSSR count). The van der Waals surface area contributed by atoms with Crippen molar-refractivity contribution >= 4 is 12.1 Å². The Balaban J connectivity index is 1.65. The van der Waals surface area contributed by atoms with Crippen LogP contribution in [0.15, 0.2) is 77.9 Å². The van der Waals surface area contributed by atoms with E-state index in [0.717, 1.165) is 5.56 Å². The lowest BCUT2D eigenvalue weighted by molar-refractivity contribution is -0.121. The molecule has 164 valence electrons. The van der Waals surface area contributed by atoms with Crippen LogP contribution >= 0.6 is 0 Å². The van der Waals surface area contributed by atoms with Crippen molar-refractivity contribution in [2.24, 2.45) is 5.10 Å². The summed E-state index contributed by atoms with van der Waals surface area (Å²) in [4.78, 5) is 12.3. The second kappa shape index (κ2) is 11.7. The van der Waals surface area contributed by atoms with Gasteiger partial charge in [-0.2, -0.15) is 15.6 Å². The van der Waals surface area contributed by atoms with E-state index in [0.29, 0.717) is 41.4 Å². The minimum atomic E-state index is -0.944. The van der Waals surface area contributed by atoms with Gasteiger partial charge in [-0.05, 0) is 53.9 Å². The van der Waals surface area contributed by atoms with Crippen molar-refractivity contribution in [1.29, 1.82) is 10.5 Å². The van der Waals surface area contributed by atoms with Gasteiger partial charge in [0.1, 0.15) is 6.61 Å². The largest absolute Gasteiger partial charge is 0.490 e. The van der Waals surface area contributed by atoms with Crippen LogP contribution < -0.4 is 14.9 Å². The highest BCUT2D eigenvalue weighted by atomic mass is 16.5. The Morgan fingerprint density at radius 2 is 1.79 bits per heavy atom. The molecule has 1 atom stereocenters. The molecule has 0 saturated carbocycles. The number of hydrogen-bond donors (Lipinski definition) is 1. The lowest BCUT2D eigenvalue weighted by atomic mass is 10.0. The second-order valence-corrected chi connectivity index (χ2v) is 6.94. The number of nitrogens with one attached hydrogen (secondary N) is 1. The van der Waals surface area contributed by atoms with Gasteiger partial charge in [0.15, 0.2) is 17.4 Å². The van der Waals surface area contributed by atoms with Gasteiger partial charge in [0, 0.05) is 0 Å². The number of rotatable bonds is 9. The van der Waals surface area contributed by atoms with Gasteiger partial charge in [-0.3, -0.25) is 4.79 Å². The molecule has 0 bridgehead atoms. The molecule has 0 aromatic heterocycles. The van der Waals surface area contributed by atoms with E-state index in [-0.39, 0.29) is 0 Å². The minimum absolute atomic E-state index is 0.324. The third-order valence-electron chi connectivity index (χ3n) is 4.66. The van der Waals surface area contributed by atoms with E-state index in [1.54, 1.807) is 54.6 Å². The smallest absolute Gasteiger partial charge is 0.261 e. The van der Waals surface area contributed by atoms with Crippen LogP contribution in [0.5, 0.6) is 11.5 Å². The van der Waals surface area contributed by atoms with Crippen LogP contribution in [0.1, 0.15) is 35.1 Å². The van der Waals surface area contributed by atoms with Crippen LogP contribution in [0.25, 0.3) is 0 Å². The zero-order valence-corrected chi connectivity index (χ0v) is 18.1. The maximum atomic E-state index is 12.3. The molecule has 7 heteroatoms. The fraction of sp³-hybridized carbons (Fsp3) is 0.154. The lowest BCUT2D eigenvalue weighted by Crippen LogP contribution is -2.24. The summed E-state index contributed by atoms with van der Waals surface area (Å²) in [5.41, 5.74) is 5.23. The molecule has 0 aliphatic rings. The second-order valence-electron chi connectivity index (χ2n) is 6.94. The van der Waals surface area contributed by atoms with Gasteiger partial charge in [-0.15, -0.1) is 0 Å². The van der Waals surface area contributed by atoms with E-state index in [2.05, 4.69) is 16.6 Å². The predicted molar refractivity (Wildman–Crippen MR) is 124 cm³/mol. The number of hydrazone groups is 1. The molecule has 33 heavy (non-hydrogen) atoms. The first-order chi connectivity index (χ1) is 16.1. The molecule has 0 spiro atoms. The first kappa shape index (κ1) is 23.1. The van der Waals surface area contributed by atoms with Gasteiger partial charge in [-0.1, -0.05) is 42.5 Å². The number of benzene rings is 3. The Morgan fingerprint density at radius 3 is 2.45 bits per heavy atom. The third kappa shape index (κ3) is 6.43. The number of nitriles is 2. The van der Waals surface area contributed by atoms with Crippen LogP contribution in [0, 0.1) is 22.7 Å². The molecule has 0 aliphatic heterocycles. The Labute approximate surface area is 192 Å². The fourth-order valence-corrected chi connectivity index (χ4v) is 2.99. The molecule has 0 fully saturated rings. The van der Waals surface area contributed by atoms with E-state index >= 15 is 0 Å². The highest BCUT2D eigenvalue weighted by Crippen LogP contribution is 2.29. The van der Waals surface area contributed by atoms with Gasteiger partial charge in [-0.25, -0.2) is 5.43 Å². The molecule has 0 saturated heterocycles. The molecule has 0 aliphatic carbocycles. The van der Waals surface area contributed by atoms with Crippen LogP contribution in [0.3, 0.4) is 0 Å². The fourth-order valence-electron chi connectivity index (χ4n) is 2.99. The van der Waals surface area contributed by atoms with Crippen molar-refractivity contribution in [1.82, 2.24) is 5.43 Å². The van der Waals surface area contributed by atoms with E-state index in [4.69, 9.17) is 14.7 Å². The third-order valence-corrected chi connectivity index (χ3v) is 4.66. The zero-order valence-electron chi connectivity index (χ0n) is 18.1. The summed E-state index contributed by atoms with van der Waals surface area (Å²) in [5.74, 6) is -0.343. The summed E-state index contributed by atoms with van der Waals surface area (Å²) < 4.78 is 11.6. The van der Waals surface area contributed by atoms with Gasteiger partial charge in [0.05, 0.1) is 30.5 Å². The summed E-state index contributed by atoms with van der Waals surface area (Å²) in [6.07, 6.45) is 1.48. The molecule has 1 amide bonds. The van der Waals surface area contributed by atoms with Crippen LogP contribution in [-0.4, -0.2) is 18.7 Å². The van der Waals surface area contributed by atoms with Gasteiger partial charge in [0.2, 0.25) is 0 Å². The number of amides is 1. The molecule has 3 aromatic rings. The van der Waals surface area contributed by atoms with E-state index in [1.807, 2.05) is 31.2 Å². The Bertz CT molecular complexity index is 1190. The summed E-state index contributed by atoms with van der Waals surface area (Å²) in [5, 5.41) is 22.2. The minimum Gasteiger partial charge on any atom is -0.490 e. The molecule has 7 nitrogen and oxygen atoms in total. The van der Waals surface area contributed by atoms with E-state index < -0.39 is 11.8 Å². The number of carbonyl (C=O) groups is 1. The first-order valence-electron chi connectivity index (χ1n) is 10.3. The molecule has 3 aromatic carbocycles. The summed E-state index contributed by atoms with van der Waals surface area (Å²) in [6.45, 7) is 2.65. The van der Waals surface area contributed by atoms with Crippen LogP contribution in [-0.2, 0) is 11.4 Å². The topological polar surface area (TPSA) is 108 Å². The standard InChI is InChI=1S/C26H22N4O3/c1-2-32-25-14-21(12-13-24(25)33-18-20-10-8-19(15-27)9-11-20)17-29-30-26(31)23(16-28)22-6-4-3-5-7-22/h3-14,17,23H,2,18H2,1H3,(H,30,31)/b29-17-/t23-/m0/s1. The lowest BCUT2D eigenvalue weighted by Gasteiger charge is -2.13. The van der Waals surface area contributed by atoms with Gasteiger partial charge >= 0.3 is 0 Å². The van der Waals surface area contributed by atoms with Crippen LogP contribution in [0.2, 0.25) is 0 Å². The summed E-state index contributed by atoms with van der Waals surface area (Å²) in [6, 6.07) is 25.4. The van der Waals surface area contributed by atoms with Crippen LogP contribution in [0.4, 0.5) is 0 Å². The zero-order chi connectivity index (χ0) is 23.5. The predicted octanol–water partition coefficient (Wildman–Crippen LogP) is 4.29. The average Bonchev–Trinajstić information content (AvgIpc) is 2.85. The van der Waals surface area contributed by atoms with Crippen molar-refractivity contribution in [2.45, 2.75) is 19.4 Å². The van der Waals surface area contributed by atoms with Gasteiger partial charge < -0.3 is 9.47 Å². The highest BCUT2D eigenvalue weighted by molar-refractivity contribution is 5.88. The summed E-state index contributed by atoms with van der Waals surface area (Å²) in [7, 11) is 0. The van der Waals surface area contributed by atoms with E-state index in [9.17, 15) is 10.1 Å². The number of ether oxygens (including phenoxy) is 2. The Hall–Kier alpha value is -4.62. The number of nitrogens with zero attached hydrogens (tertiary/aromatic N) is 3. The molecule has 0 radical (unpaired) electrons. The number of hydrogen-bond acceptors (Lipinski definition) is 6. The molecule has 0 heterocycles. The van der Waals surface area contributed by atoms with Crippen molar-refractivity contribution in [3.05, 3.63) is 95.1 Å².